The third-order valence-electron chi connectivity index (χ3n) is 20.8. The third kappa shape index (κ3) is 11.3. The quantitative estimate of drug-likeness (QED) is 0.0501. The Bertz CT molecular complexity index is 2060. The molecule has 0 aromatic rings. The largest absolute Gasteiger partial charge is 0.463 e. The van der Waals surface area contributed by atoms with E-state index in [2.05, 4.69) is 40.7 Å². The summed E-state index contributed by atoms with van der Waals surface area (Å²) in [5, 5.41) is 142. The van der Waals surface area contributed by atoms with E-state index in [0.29, 0.717) is 38.5 Å². The molecule has 0 spiro atoms. The van der Waals surface area contributed by atoms with Crippen molar-refractivity contribution in [2.45, 2.75) is 255 Å². The predicted octanol–water partition coefficient (Wildman–Crippen LogP) is -0.993. The van der Waals surface area contributed by atoms with Crippen LogP contribution >= 0.6 is 0 Å². The fraction of sp³-hybridized carbons (Fsp3) is 0.945. The third-order valence-corrected chi connectivity index (χ3v) is 20.8. The van der Waals surface area contributed by atoms with E-state index in [1.807, 2.05) is 20.8 Å². The number of carbonyl (C=O) groups is 1. The van der Waals surface area contributed by atoms with Crippen molar-refractivity contribution >= 4 is 5.97 Å². The van der Waals surface area contributed by atoms with Crippen molar-refractivity contribution in [3.8, 4) is 0 Å². The van der Waals surface area contributed by atoms with Gasteiger partial charge in [-0.15, -0.1) is 0 Å². The Labute approximate surface area is 456 Å². The van der Waals surface area contributed by atoms with Gasteiger partial charge in [0.2, 0.25) is 0 Å². The molecule has 8 fully saturated rings. The fourth-order valence-corrected chi connectivity index (χ4v) is 16.2. The Morgan fingerprint density at radius 1 is 0.615 bits per heavy atom. The number of ether oxygens (including phenoxy) is 9. The Morgan fingerprint density at radius 3 is 1.86 bits per heavy atom. The Kier molecular flexibility index (Phi) is 19.0. The Hall–Kier alpha value is -1.63. The van der Waals surface area contributed by atoms with Crippen LogP contribution in [0.1, 0.15) is 120 Å². The van der Waals surface area contributed by atoms with E-state index in [1.54, 1.807) is 0 Å². The van der Waals surface area contributed by atoms with Crippen LogP contribution < -0.4 is 0 Å². The molecule has 4 heterocycles. The van der Waals surface area contributed by atoms with Gasteiger partial charge in [0.15, 0.2) is 25.2 Å². The van der Waals surface area contributed by atoms with Crippen LogP contribution in [0.4, 0.5) is 0 Å². The first-order chi connectivity index (χ1) is 36.4. The summed E-state index contributed by atoms with van der Waals surface area (Å²) in [4.78, 5) is 11.9. The molecule has 78 heavy (non-hydrogen) atoms. The summed E-state index contributed by atoms with van der Waals surface area (Å²) in [7, 11) is 0. The van der Waals surface area contributed by atoms with Gasteiger partial charge in [0.25, 0.3) is 0 Å². The highest BCUT2D eigenvalue weighted by Gasteiger charge is 2.72. The lowest BCUT2D eigenvalue weighted by molar-refractivity contribution is -0.378. The minimum absolute atomic E-state index is 0.0260. The summed E-state index contributed by atoms with van der Waals surface area (Å²) in [6.45, 7) is 16.5. The van der Waals surface area contributed by atoms with Crippen molar-refractivity contribution in [1.29, 1.82) is 0 Å². The van der Waals surface area contributed by atoms with Gasteiger partial charge >= 0.3 is 5.97 Å². The monoisotopic (exact) mass is 1120 g/mol. The van der Waals surface area contributed by atoms with Crippen LogP contribution in [0.3, 0.4) is 0 Å². The molecule has 0 amide bonds. The van der Waals surface area contributed by atoms with Crippen molar-refractivity contribution in [2.24, 2.45) is 45.3 Å². The van der Waals surface area contributed by atoms with Crippen LogP contribution in [-0.2, 0) is 47.4 Å². The molecule has 23 heteroatoms. The zero-order chi connectivity index (χ0) is 57.4. The Morgan fingerprint density at radius 2 is 1.21 bits per heavy atom. The van der Waals surface area contributed by atoms with Crippen LogP contribution in [0.2, 0.25) is 0 Å². The number of hydrogen-bond donors (Lipinski definition) is 13. The number of esters is 1. The summed E-state index contributed by atoms with van der Waals surface area (Å²) in [6, 6.07) is 0. The fourth-order valence-electron chi connectivity index (χ4n) is 16.2. The number of rotatable bonds is 16. The molecule has 8 rings (SSSR count). The molecule has 0 aromatic heterocycles. The van der Waals surface area contributed by atoms with Crippen LogP contribution in [0.25, 0.3) is 0 Å². The number of aliphatic hydroxyl groups is 13. The number of allylic oxidation sites excluding steroid dienone is 2. The van der Waals surface area contributed by atoms with Crippen molar-refractivity contribution in [3.63, 3.8) is 0 Å². The van der Waals surface area contributed by atoms with E-state index in [9.17, 15) is 71.2 Å². The van der Waals surface area contributed by atoms with Gasteiger partial charge in [0.05, 0.1) is 37.6 Å². The number of carbonyl (C=O) groups excluding carboxylic acids is 1. The zero-order valence-corrected chi connectivity index (χ0v) is 46.6. The highest BCUT2D eigenvalue weighted by Crippen LogP contribution is 2.76. The molecule has 0 aromatic carbocycles. The minimum Gasteiger partial charge on any atom is -0.463 e. The normalized spacial score (nSPS) is 51.1. The molecule has 0 unspecified atom stereocenters. The summed E-state index contributed by atoms with van der Waals surface area (Å²) in [5.41, 5.74) is -1.58. The molecular formula is C55H92O23. The van der Waals surface area contributed by atoms with E-state index in [1.165, 1.54) is 6.92 Å². The first kappa shape index (κ1) is 62.4. The van der Waals surface area contributed by atoms with Gasteiger partial charge in [-0.05, 0) is 124 Å². The van der Waals surface area contributed by atoms with Crippen LogP contribution in [0.5, 0.6) is 0 Å². The molecular weight excluding hydrogens is 1030 g/mol. The second-order valence-electron chi connectivity index (χ2n) is 25.9. The van der Waals surface area contributed by atoms with Gasteiger partial charge in [-0.2, -0.15) is 0 Å². The summed E-state index contributed by atoms with van der Waals surface area (Å²) >= 11 is 0. The highest BCUT2D eigenvalue weighted by atomic mass is 16.8. The molecule has 4 saturated heterocycles. The molecule has 8 aliphatic rings. The molecule has 450 valence electrons. The van der Waals surface area contributed by atoms with Gasteiger partial charge in [0, 0.05) is 6.92 Å². The first-order valence-corrected chi connectivity index (χ1v) is 28.2. The molecule has 4 aliphatic carbocycles. The maximum Gasteiger partial charge on any atom is 0.302 e. The molecule has 0 bridgehead atoms. The van der Waals surface area contributed by atoms with E-state index < -0.39 is 171 Å². The standard InChI is InChI=1S/C55H92O23/c1-24(2)11-10-15-55(9,78-49-45(69)41(65)38(62)31(74-49)23-72-47-43(67)36(60)28(59)21-71-47)26-12-17-54(8)35(26)27(58)19-33-52(6)16-14-34(51(4,5)32(52)13-18-53(33,54)7)76-50-46(42(66)39(63)30(75-50)22-70-25(3)57)77-48-44(68)40(64)37(61)29(20-56)73-48/h11,26-50,56,58-69H,10,12-23H2,1-9H3/t26-,27+,28-,29+,30+,31+,32+,33+,34+,35-,36-,37+,38+,39+,40-,41-,42-,43+,44+,45+,46+,47+,48-,49-,50-,52+,53+,54+,55-/m0/s1. The second-order valence-corrected chi connectivity index (χ2v) is 25.9. The lowest BCUT2D eigenvalue weighted by Crippen LogP contribution is -2.68. The summed E-state index contributed by atoms with van der Waals surface area (Å²) in [5.74, 6) is -1.11. The van der Waals surface area contributed by atoms with Crippen LogP contribution in [0, 0.1) is 45.3 Å². The highest BCUT2D eigenvalue weighted by molar-refractivity contribution is 5.65. The zero-order valence-electron chi connectivity index (χ0n) is 46.6. The predicted molar refractivity (Wildman–Crippen MR) is 270 cm³/mol. The number of aliphatic hydroxyl groups excluding tert-OH is 13. The summed E-state index contributed by atoms with van der Waals surface area (Å²) in [6.07, 6.45) is -23.1. The van der Waals surface area contributed by atoms with E-state index in [4.69, 9.17) is 42.6 Å². The van der Waals surface area contributed by atoms with E-state index >= 15 is 0 Å². The maximum absolute atomic E-state index is 12.9. The SMILES string of the molecule is CC(=O)OC[C@H]1O[C@@H](O[C@@H]2CC[C@]3(C)[C@H](CC[C@]4(C)[C@@H]3C[C@@H](O)[C@@H]3[C@@H]([C@](C)(CCC=C(C)C)O[C@@H]5O[C@H](CO[C@H]6OC[C@H](O)[C@H](O)[C@H]6O)[C@@H](O)[C@H](O)[C@H]5O)CC[C@]34C)C2(C)C)[C@H](O[C@@H]2O[C@H](CO)[C@@H](O)[C@H](O)[C@H]2O)[C@@H](O)[C@@H]1O. The number of hydrogen-bond acceptors (Lipinski definition) is 23. The molecule has 23 nitrogen and oxygen atoms in total. The van der Waals surface area contributed by atoms with Crippen molar-refractivity contribution in [2.75, 3.05) is 26.4 Å². The average Bonchev–Trinajstić information content (AvgIpc) is 2.45. The molecule has 29 atom stereocenters. The molecule has 0 radical (unpaired) electrons. The van der Waals surface area contributed by atoms with Gasteiger partial charge in [-0.25, -0.2) is 0 Å². The van der Waals surface area contributed by atoms with Crippen molar-refractivity contribution < 1.29 is 114 Å². The topological polar surface area (TPSA) is 363 Å². The molecule has 13 N–H and O–H groups in total. The number of fused-ring (bicyclic) bond motifs is 5. The van der Waals surface area contributed by atoms with Gasteiger partial charge in [0.1, 0.15) is 98.2 Å². The summed E-state index contributed by atoms with van der Waals surface area (Å²) < 4.78 is 54.3. The van der Waals surface area contributed by atoms with Gasteiger partial charge in [-0.1, -0.05) is 46.3 Å². The average molecular weight is 1120 g/mol. The van der Waals surface area contributed by atoms with E-state index in [-0.39, 0.29) is 41.1 Å². The van der Waals surface area contributed by atoms with Crippen LogP contribution in [0.15, 0.2) is 11.6 Å². The molecule has 4 saturated carbocycles. The van der Waals surface area contributed by atoms with E-state index in [0.717, 1.165) is 24.8 Å². The maximum atomic E-state index is 12.9. The van der Waals surface area contributed by atoms with Crippen molar-refractivity contribution in [1.82, 2.24) is 0 Å². The van der Waals surface area contributed by atoms with Crippen LogP contribution in [-0.4, -0.2) is 233 Å². The molecule has 4 aliphatic heterocycles. The second kappa shape index (κ2) is 23.8. The van der Waals surface area contributed by atoms with Crippen molar-refractivity contribution in [3.05, 3.63) is 11.6 Å². The Balaban J connectivity index is 1.02. The van der Waals surface area contributed by atoms with Gasteiger partial charge in [-0.3, -0.25) is 4.79 Å². The van der Waals surface area contributed by atoms with Gasteiger partial charge < -0.3 is 109 Å². The smallest absolute Gasteiger partial charge is 0.302 e. The lowest BCUT2D eigenvalue weighted by Gasteiger charge is -2.71. The minimum atomic E-state index is -1.84. The lowest BCUT2D eigenvalue weighted by atomic mass is 9.35. The first-order valence-electron chi connectivity index (χ1n) is 28.2.